The van der Waals surface area contributed by atoms with Crippen LogP contribution < -0.4 is 0 Å². The molecule has 19 heavy (non-hydrogen) atoms. The van der Waals surface area contributed by atoms with Crippen LogP contribution in [-0.2, 0) is 11.3 Å². The van der Waals surface area contributed by atoms with E-state index in [1.165, 1.54) is 5.56 Å². The van der Waals surface area contributed by atoms with E-state index in [9.17, 15) is 0 Å². The molecular weight excluding hydrogens is 260 g/mol. The molecule has 0 saturated heterocycles. The van der Waals surface area contributed by atoms with Gasteiger partial charge in [-0.2, -0.15) is 0 Å². The first kappa shape index (κ1) is 14.4. The summed E-state index contributed by atoms with van der Waals surface area (Å²) >= 11 is 6.24. The Bertz CT molecular complexity index is 561. The number of fused-ring (bicyclic) bond motifs is 1. The van der Waals surface area contributed by atoms with Crippen molar-refractivity contribution in [2.24, 2.45) is 0 Å². The van der Waals surface area contributed by atoms with Crippen LogP contribution in [0.1, 0.15) is 37.5 Å². The molecular formula is C15H21ClN2O. The largest absolute Gasteiger partial charge is 0.377 e. The lowest BCUT2D eigenvalue weighted by molar-refractivity contribution is 0.0729. The first-order chi connectivity index (χ1) is 8.99. The number of ether oxygens (including phenoxy) is 1. The Hall–Kier alpha value is -1.06. The molecule has 1 heterocycles. The summed E-state index contributed by atoms with van der Waals surface area (Å²) in [4.78, 5) is 4.63. The number of alkyl halides is 1. The van der Waals surface area contributed by atoms with E-state index in [-0.39, 0.29) is 11.5 Å². The van der Waals surface area contributed by atoms with Gasteiger partial charge in [-0.05, 0) is 45.4 Å². The first-order valence-corrected chi connectivity index (χ1v) is 7.15. The third-order valence-electron chi connectivity index (χ3n) is 3.06. The molecule has 4 heteroatoms. The number of hydrogen-bond donors (Lipinski definition) is 0. The zero-order valence-electron chi connectivity index (χ0n) is 12.0. The predicted molar refractivity (Wildman–Crippen MR) is 79.8 cm³/mol. The van der Waals surface area contributed by atoms with Gasteiger partial charge in [-0.3, -0.25) is 0 Å². The first-order valence-electron chi connectivity index (χ1n) is 6.71. The number of rotatable bonds is 5. The van der Waals surface area contributed by atoms with E-state index in [0.717, 1.165) is 23.4 Å². The molecule has 0 amide bonds. The highest BCUT2D eigenvalue weighted by Gasteiger charge is 2.14. The molecule has 0 aliphatic carbocycles. The number of halogens is 1. The van der Waals surface area contributed by atoms with Gasteiger partial charge in [0.05, 0.1) is 29.1 Å². The van der Waals surface area contributed by atoms with Crippen LogP contribution >= 0.6 is 11.6 Å². The Labute approximate surface area is 119 Å². The Morgan fingerprint density at radius 1 is 1.32 bits per heavy atom. The summed E-state index contributed by atoms with van der Waals surface area (Å²) < 4.78 is 7.81. The third kappa shape index (κ3) is 3.28. The normalized spacial score (nSPS) is 13.4. The van der Waals surface area contributed by atoms with Gasteiger partial charge in [-0.1, -0.05) is 6.07 Å². The van der Waals surface area contributed by atoms with Gasteiger partial charge in [0.15, 0.2) is 0 Å². The van der Waals surface area contributed by atoms with Crippen molar-refractivity contribution in [2.75, 3.05) is 6.61 Å². The van der Waals surface area contributed by atoms with Crippen LogP contribution in [0.15, 0.2) is 18.2 Å². The summed E-state index contributed by atoms with van der Waals surface area (Å²) in [6, 6.07) is 6.28. The molecule has 0 radical (unpaired) electrons. The maximum atomic E-state index is 6.24. The molecule has 2 aromatic rings. The van der Waals surface area contributed by atoms with E-state index in [1.807, 2.05) is 26.8 Å². The van der Waals surface area contributed by atoms with E-state index < -0.39 is 0 Å². The molecule has 1 unspecified atom stereocenters. The molecule has 3 nitrogen and oxygen atoms in total. The Morgan fingerprint density at radius 3 is 2.68 bits per heavy atom. The molecule has 1 aromatic carbocycles. The Kier molecular flexibility index (Phi) is 4.48. The number of imidazole rings is 1. The van der Waals surface area contributed by atoms with E-state index in [2.05, 4.69) is 28.6 Å². The molecule has 0 bridgehead atoms. The molecule has 0 N–H and O–H groups in total. The molecule has 2 rings (SSSR count). The smallest absolute Gasteiger partial charge is 0.127 e. The fourth-order valence-electron chi connectivity index (χ4n) is 2.17. The number of benzene rings is 1. The lowest BCUT2D eigenvalue weighted by Crippen LogP contribution is -2.13. The minimum Gasteiger partial charge on any atom is -0.377 e. The van der Waals surface area contributed by atoms with Gasteiger partial charge in [0, 0.05) is 6.54 Å². The quantitative estimate of drug-likeness (QED) is 0.772. The van der Waals surface area contributed by atoms with Crippen LogP contribution in [0.25, 0.3) is 11.0 Å². The number of hydrogen-bond acceptors (Lipinski definition) is 2. The second-order valence-electron chi connectivity index (χ2n) is 5.15. The molecule has 0 spiro atoms. The van der Waals surface area contributed by atoms with E-state index in [0.29, 0.717) is 6.61 Å². The van der Waals surface area contributed by atoms with Crippen molar-refractivity contribution in [3.8, 4) is 0 Å². The minimum atomic E-state index is -0.105. The lowest BCUT2D eigenvalue weighted by atomic mass is 10.2. The zero-order chi connectivity index (χ0) is 14.0. The van der Waals surface area contributed by atoms with Gasteiger partial charge in [0.25, 0.3) is 0 Å². The monoisotopic (exact) mass is 280 g/mol. The number of aromatic nitrogens is 2. The SMILES string of the molecule is Cc1ccc2nc(C(C)Cl)n(CCOC(C)C)c2c1. The van der Waals surface area contributed by atoms with Crippen molar-refractivity contribution in [1.29, 1.82) is 0 Å². The van der Waals surface area contributed by atoms with Crippen LogP contribution in [0.5, 0.6) is 0 Å². The lowest BCUT2D eigenvalue weighted by Gasteiger charge is -2.12. The van der Waals surface area contributed by atoms with Crippen LogP contribution in [0.4, 0.5) is 0 Å². The topological polar surface area (TPSA) is 27.1 Å². The second kappa shape index (κ2) is 5.93. The highest BCUT2D eigenvalue weighted by molar-refractivity contribution is 6.20. The number of aryl methyl sites for hydroxylation is 1. The summed E-state index contributed by atoms with van der Waals surface area (Å²) in [7, 11) is 0. The van der Waals surface area contributed by atoms with Crippen LogP contribution in [0.2, 0.25) is 0 Å². The standard InChI is InChI=1S/C15H21ClN2O/c1-10(2)19-8-7-18-14-9-11(3)5-6-13(14)17-15(18)12(4)16/h5-6,9-10,12H,7-8H2,1-4H3. The van der Waals surface area contributed by atoms with Gasteiger partial charge < -0.3 is 9.30 Å². The fraction of sp³-hybridized carbons (Fsp3) is 0.533. The fourth-order valence-corrected chi connectivity index (χ4v) is 2.34. The molecule has 104 valence electrons. The van der Waals surface area contributed by atoms with Crippen molar-refractivity contribution in [2.45, 2.75) is 45.7 Å². The summed E-state index contributed by atoms with van der Waals surface area (Å²) in [6.07, 6.45) is 0.244. The van der Waals surface area contributed by atoms with Crippen molar-refractivity contribution in [3.05, 3.63) is 29.6 Å². The summed E-state index contributed by atoms with van der Waals surface area (Å²) in [5.41, 5.74) is 3.36. The van der Waals surface area contributed by atoms with Crippen molar-refractivity contribution in [3.63, 3.8) is 0 Å². The highest BCUT2D eigenvalue weighted by atomic mass is 35.5. The van der Waals surface area contributed by atoms with Crippen molar-refractivity contribution < 1.29 is 4.74 Å². The molecule has 0 aliphatic heterocycles. The van der Waals surface area contributed by atoms with E-state index in [4.69, 9.17) is 16.3 Å². The van der Waals surface area contributed by atoms with Crippen LogP contribution in [-0.4, -0.2) is 22.3 Å². The average Bonchev–Trinajstić information content (AvgIpc) is 2.67. The summed E-state index contributed by atoms with van der Waals surface area (Å²) in [5.74, 6) is 0.912. The van der Waals surface area contributed by atoms with Gasteiger partial charge in [0.1, 0.15) is 5.82 Å². The molecule has 0 saturated carbocycles. The minimum absolute atomic E-state index is 0.105. The van der Waals surface area contributed by atoms with Crippen molar-refractivity contribution in [1.82, 2.24) is 9.55 Å². The molecule has 1 atom stereocenters. The van der Waals surface area contributed by atoms with Gasteiger partial charge in [-0.25, -0.2) is 4.98 Å². The molecule has 1 aromatic heterocycles. The maximum absolute atomic E-state index is 6.24. The van der Waals surface area contributed by atoms with Gasteiger partial charge >= 0.3 is 0 Å². The predicted octanol–water partition coefficient (Wildman–Crippen LogP) is 4.07. The third-order valence-corrected chi connectivity index (χ3v) is 3.25. The second-order valence-corrected chi connectivity index (χ2v) is 5.80. The Balaban J connectivity index is 2.36. The van der Waals surface area contributed by atoms with Gasteiger partial charge in [-0.15, -0.1) is 11.6 Å². The maximum Gasteiger partial charge on any atom is 0.127 e. The van der Waals surface area contributed by atoms with Crippen LogP contribution in [0.3, 0.4) is 0 Å². The molecule has 0 aliphatic rings. The summed E-state index contributed by atoms with van der Waals surface area (Å²) in [5, 5.41) is -0.105. The highest BCUT2D eigenvalue weighted by Crippen LogP contribution is 2.25. The molecule has 0 fully saturated rings. The van der Waals surface area contributed by atoms with Crippen LogP contribution in [0, 0.1) is 6.92 Å². The number of nitrogens with zero attached hydrogens (tertiary/aromatic N) is 2. The zero-order valence-corrected chi connectivity index (χ0v) is 12.7. The van der Waals surface area contributed by atoms with E-state index >= 15 is 0 Å². The van der Waals surface area contributed by atoms with E-state index in [1.54, 1.807) is 0 Å². The van der Waals surface area contributed by atoms with Crippen molar-refractivity contribution >= 4 is 22.6 Å². The Morgan fingerprint density at radius 2 is 2.05 bits per heavy atom. The summed E-state index contributed by atoms with van der Waals surface area (Å²) in [6.45, 7) is 9.58. The average molecular weight is 281 g/mol. The van der Waals surface area contributed by atoms with Gasteiger partial charge in [0.2, 0.25) is 0 Å².